The highest BCUT2D eigenvalue weighted by molar-refractivity contribution is 14.1. The van der Waals surface area contributed by atoms with Gasteiger partial charge in [0, 0.05) is 9.26 Å². The Morgan fingerprint density at radius 1 is 1.15 bits per heavy atom. The summed E-state index contributed by atoms with van der Waals surface area (Å²) in [7, 11) is 0. The Morgan fingerprint density at radius 2 is 2.00 bits per heavy atom. The van der Waals surface area contributed by atoms with Crippen LogP contribution < -0.4 is 5.73 Å². The van der Waals surface area contributed by atoms with Crippen molar-refractivity contribution in [3.63, 3.8) is 0 Å². The number of halogens is 1. The zero-order valence-corrected chi connectivity index (χ0v) is 12.9. The molecule has 0 amide bonds. The highest BCUT2D eigenvalue weighted by Gasteiger charge is 2.15. The predicted molar refractivity (Wildman–Crippen MR) is 86.9 cm³/mol. The third kappa shape index (κ3) is 2.26. The maximum atomic E-state index is 6.11. The third-order valence-electron chi connectivity index (χ3n) is 3.16. The van der Waals surface area contributed by atoms with Crippen LogP contribution in [-0.4, -0.2) is 20.6 Å². The molecule has 20 heavy (non-hydrogen) atoms. The summed E-state index contributed by atoms with van der Waals surface area (Å²) >= 11 is 2.30. The van der Waals surface area contributed by atoms with Gasteiger partial charge in [-0.15, -0.1) is 5.10 Å². The van der Waals surface area contributed by atoms with E-state index in [-0.39, 0.29) is 0 Å². The Balaban J connectivity index is 2.27. The number of nitrogens with one attached hydrogen (secondary N) is 1. The quantitative estimate of drug-likeness (QED) is 0.532. The number of hydrogen-bond donors (Lipinski definition) is 2. The number of H-pyrrole nitrogens is 1. The third-order valence-corrected chi connectivity index (χ3v) is 3.83. The standard InChI is InChI=1S/C14H12IN5/c1-8-7-9(15)5-6-10(8)11-3-2-4-12(16)13(11)14-17-19-20-18-14/h2-7H,16H2,1H3,(H,17,18,19,20). The molecule has 0 aliphatic rings. The van der Waals surface area contributed by atoms with Gasteiger partial charge in [0.25, 0.3) is 0 Å². The lowest BCUT2D eigenvalue weighted by Crippen LogP contribution is -1.96. The molecule has 0 aliphatic carbocycles. The molecule has 5 nitrogen and oxygen atoms in total. The van der Waals surface area contributed by atoms with E-state index in [1.807, 2.05) is 18.2 Å². The van der Waals surface area contributed by atoms with Crippen LogP contribution in [0.15, 0.2) is 36.4 Å². The maximum absolute atomic E-state index is 6.11. The first-order chi connectivity index (χ1) is 9.66. The molecule has 3 aromatic rings. The molecule has 0 bridgehead atoms. The topological polar surface area (TPSA) is 80.5 Å². The lowest BCUT2D eigenvalue weighted by atomic mass is 9.94. The minimum absolute atomic E-state index is 0.580. The number of nitrogens with two attached hydrogens (primary N) is 1. The van der Waals surface area contributed by atoms with Gasteiger partial charge in [-0.05, 0) is 74.8 Å². The summed E-state index contributed by atoms with van der Waals surface area (Å²) in [6.45, 7) is 2.09. The van der Waals surface area contributed by atoms with Gasteiger partial charge in [0.15, 0.2) is 5.82 Å². The molecule has 1 heterocycles. The number of aromatic amines is 1. The van der Waals surface area contributed by atoms with Crippen molar-refractivity contribution in [2.75, 3.05) is 5.73 Å². The van der Waals surface area contributed by atoms with Gasteiger partial charge < -0.3 is 5.73 Å². The molecule has 0 fully saturated rings. The molecule has 6 heteroatoms. The van der Waals surface area contributed by atoms with E-state index in [1.54, 1.807) is 0 Å². The molecule has 2 aromatic carbocycles. The molecule has 3 rings (SSSR count). The molecule has 1 aromatic heterocycles. The Morgan fingerprint density at radius 3 is 2.70 bits per heavy atom. The average molecular weight is 377 g/mol. The van der Waals surface area contributed by atoms with Crippen molar-refractivity contribution < 1.29 is 0 Å². The monoisotopic (exact) mass is 377 g/mol. The SMILES string of the molecule is Cc1cc(I)ccc1-c1cccc(N)c1-c1nnn[nH]1. The lowest BCUT2D eigenvalue weighted by molar-refractivity contribution is 0.881. The molecular weight excluding hydrogens is 365 g/mol. The first kappa shape index (κ1) is 13.0. The molecule has 0 saturated heterocycles. The minimum Gasteiger partial charge on any atom is -0.398 e. The lowest BCUT2D eigenvalue weighted by Gasteiger charge is -2.12. The van der Waals surface area contributed by atoms with Crippen molar-refractivity contribution in [2.24, 2.45) is 0 Å². The first-order valence-electron chi connectivity index (χ1n) is 6.06. The first-order valence-corrected chi connectivity index (χ1v) is 7.14. The van der Waals surface area contributed by atoms with E-state index in [0.29, 0.717) is 11.5 Å². The normalized spacial score (nSPS) is 10.7. The number of aromatic nitrogens is 4. The van der Waals surface area contributed by atoms with Crippen LogP contribution in [-0.2, 0) is 0 Å². The van der Waals surface area contributed by atoms with Gasteiger partial charge in [-0.25, -0.2) is 5.10 Å². The van der Waals surface area contributed by atoms with E-state index >= 15 is 0 Å². The van der Waals surface area contributed by atoms with Crippen LogP contribution in [0.1, 0.15) is 5.56 Å². The van der Waals surface area contributed by atoms with Crippen molar-refractivity contribution in [3.05, 3.63) is 45.5 Å². The van der Waals surface area contributed by atoms with Crippen molar-refractivity contribution in [1.29, 1.82) is 0 Å². The molecule has 3 N–H and O–H groups in total. The second-order valence-corrected chi connectivity index (χ2v) is 5.72. The summed E-state index contributed by atoms with van der Waals surface area (Å²) < 4.78 is 1.20. The number of benzene rings is 2. The Hall–Kier alpha value is -1.96. The second kappa shape index (κ2) is 5.20. The van der Waals surface area contributed by atoms with Crippen molar-refractivity contribution >= 4 is 28.3 Å². The van der Waals surface area contributed by atoms with Crippen LogP contribution >= 0.6 is 22.6 Å². The predicted octanol–water partition coefficient (Wildman–Crippen LogP) is 3.03. The van der Waals surface area contributed by atoms with Crippen LogP contribution in [0.4, 0.5) is 5.69 Å². The zero-order chi connectivity index (χ0) is 14.1. The van der Waals surface area contributed by atoms with Crippen LogP contribution in [0.2, 0.25) is 0 Å². The molecule has 0 aliphatic heterocycles. The molecule has 100 valence electrons. The maximum Gasteiger partial charge on any atom is 0.182 e. The Labute approximate surface area is 129 Å². The van der Waals surface area contributed by atoms with Gasteiger partial charge in [0.2, 0.25) is 0 Å². The fraction of sp³-hybridized carbons (Fsp3) is 0.0714. The van der Waals surface area contributed by atoms with E-state index < -0.39 is 0 Å². The summed E-state index contributed by atoms with van der Waals surface area (Å²) in [5, 5.41) is 14.0. The highest BCUT2D eigenvalue weighted by Crippen LogP contribution is 2.36. The van der Waals surface area contributed by atoms with E-state index in [9.17, 15) is 0 Å². The fourth-order valence-corrected chi connectivity index (χ4v) is 2.90. The highest BCUT2D eigenvalue weighted by atomic mass is 127. The Kier molecular flexibility index (Phi) is 3.39. The number of anilines is 1. The zero-order valence-electron chi connectivity index (χ0n) is 10.8. The smallest absolute Gasteiger partial charge is 0.182 e. The van der Waals surface area contributed by atoms with Crippen LogP contribution in [0, 0.1) is 10.5 Å². The van der Waals surface area contributed by atoms with E-state index in [4.69, 9.17) is 5.73 Å². The van der Waals surface area contributed by atoms with Gasteiger partial charge in [0.05, 0.1) is 5.56 Å². The number of tetrazole rings is 1. The largest absolute Gasteiger partial charge is 0.398 e. The van der Waals surface area contributed by atoms with Gasteiger partial charge >= 0.3 is 0 Å². The summed E-state index contributed by atoms with van der Waals surface area (Å²) in [4.78, 5) is 0. The van der Waals surface area contributed by atoms with Crippen LogP contribution in [0.5, 0.6) is 0 Å². The van der Waals surface area contributed by atoms with Crippen molar-refractivity contribution in [2.45, 2.75) is 6.92 Å². The summed E-state index contributed by atoms with van der Waals surface area (Å²) in [5.41, 5.74) is 10.9. The van der Waals surface area contributed by atoms with Gasteiger partial charge in [-0.3, -0.25) is 0 Å². The van der Waals surface area contributed by atoms with Gasteiger partial charge in [-0.2, -0.15) is 0 Å². The molecular formula is C14H12IN5. The molecule has 0 unspecified atom stereocenters. The van der Waals surface area contributed by atoms with Crippen molar-refractivity contribution in [1.82, 2.24) is 20.6 Å². The molecule has 0 spiro atoms. The van der Waals surface area contributed by atoms with E-state index in [2.05, 4.69) is 68.3 Å². The van der Waals surface area contributed by atoms with Gasteiger partial charge in [-0.1, -0.05) is 18.2 Å². The number of nitrogen functional groups attached to an aromatic ring is 1. The van der Waals surface area contributed by atoms with Gasteiger partial charge in [0.1, 0.15) is 0 Å². The Bertz CT molecular complexity index is 752. The average Bonchev–Trinajstić information content (AvgIpc) is 2.92. The van der Waals surface area contributed by atoms with E-state index in [0.717, 1.165) is 16.7 Å². The minimum atomic E-state index is 0.580. The number of hydrogen-bond acceptors (Lipinski definition) is 4. The fourth-order valence-electron chi connectivity index (χ4n) is 2.25. The van der Waals surface area contributed by atoms with Crippen molar-refractivity contribution in [3.8, 4) is 22.5 Å². The second-order valence-electron chi connectivity index (χ2n) is 4.48. The summed E-state index contributed by atoms with van der Waals surface area (Å²) in [6.07, 6.45) is 0. The summed E-state index contributed by atoms with van der Waals surface area (Å²) in [5.74, 6) is 0.580. The molecule has 0 saturated carbocycles. The summed E-state index contributed by atoms with van der Waals surface area (Å²) in [6, 6.07) is 12.1. The molecule has 0 radical (unpaired) electrons. The number of nitrogens with zero attached hydrogens (tertiary/aromatic N) is 3. The van der Waals surface area contributed by atoms with Crippen LogP contribution in [0.3, 0.4) is 0 Å². The van der Waals surface area contributed by atoms with Crippen LogP contribution in [0.25, 0.3) is 22.5 Å². The van der Waals surface area contributed by atoms with E-state index in [1.165, 1.54) is 9.13 Å². The number of aryl methyl sites for hydroxylation is 1. The molecule has 0 atom stereocenters. The number of rotatable bonds is 2.